The maximum atomic E-state index is 13.3. The molecule has 0 spiro atoms. The van der Waals surface area contributed by atoms with Crippen LogP contribution in [0, 0.1) is 17.2 Å². The number of hydrogen-bond acceptors (Lipinski definition) is 4. The number of thiocarbonyl (C=S) groups is 1. The molecule has 0 saturated heterocycles. The smallest absolute Gasteiger partial charge is 0.226 e. The van der Waals surface area contributed by atoms with Gasteiger partial charge in [0.05, 0.1) is 34.4 Å². The van der Waals surface area contributed by atoms with E-state index in [0.29, 0.717) is 46.4 Å². The van der Waals surface area contributed by atoms with E-state index in [1.165, 1.54) is 0 Å². The van der Waals surface area contributed by atoms with Gasteiger partial charge >= 0.3 is 0 Å². The Bertz CT molecular complexity index is 1370. The van der Waals surface area contributed by atoms with Crippen LogP contribution in [-0.2, 0) is 24.3 Å². The summed E-state index contributed by atoms with van der Waals surface area (Å²) < 4.78 is 1.96. The molecule has 1 heterocycles. The predicted octanol–water partition coefficient (Wildman–Crippen LogP) is 5.72. The number of amides is 1. The molecule has 1 saturated carbocycles. The fourth-order valence-corrected chi connectivity index (χ4v) is 5.11. The molecular formula is C30H34Cl2N6OS. The number of nitrogens with zero attached hydrogens (tertiary/aromatic N) is 4. The van der Waals surface area contributed by atoms with Gasteiger partial charge in [-0.05, 0) is 60.3 Å². The number of aromatic nitrogens is 2. The third-order valence-electron chi connectivity index (χ3n) is 7.26. The minimum atomic E-state index is -0.135. The Morgan fingerprint density at radius 3 is 2.67 bits per heavy atom. The molecule has 2 unspecified atom stereocenters. The Hall–Kier alpha value is -3.12. The predicted molar refractivity (Wildman–Crippen MR) is 163 cm³/mol. The fourth-order valence-electron chi connectivity index (χ4n) is 4.42. The number of halogens is 2. The highest BCUT2D eigenvalue weighted by molar-refractivity contribution is 7.80. The van der Waals surface area contributed by atoms with Crippen LogP contribution in [0.1, 0.15) is 55.5 Å². The van der Waals surface area contributed by atoms with E-state index in [2.05, 4.69) is 40.4 Å². The zero-order valence-electron chi connectivity index (χ0n) is 22.7. The molecule has 2 atom stereocenters. The molecule has 0 radical (unpaired) electrons. The summed E-state index contributed by atoms with van der Waals surface area (Å²) in [6.07, 6.45) is 6.76. The molecule has 1 fully saturated rings. The van der Waals surface area contributed by atoms with Crippen molar-refractivity contribution in [2.24, 2.45) is 5.92 Å². The second kappa shape index (κ2) is 14.0. The SMILES string of the molecule is CCC(C)C(CN(Cc1cccc(Cl)c1Cl)C(=S)NC1CC1)NC(=O)Cc1cncn1Cc1ccc(C#N)cc1. The standard InChI is InChI=1S/C30H34Cl2N6OS/c1-3-20(2)27(18-37(30(40)35-24-11-12-24)17-23-5-4-6-26(31)29(23)32)36-28(39)13-25-15-34-19-38(25)16-22-9-7-21(14-33)8-10-22/h4-10,15,19-20,24,27H,3,11-13,16-18H2,1-2H3,(H,35,40)(H,36,39). The van der Waals surface area contributed by atoms with Crippen LogP contribution in [0.4, 0.5) is 0 Å². The van der Waals surface area contributed by atoms with Crippen LogP contribution in [0.25, 0.3) is 0 Å². The lowest BCUT2D eigenvalue weighted by Crippen LogP contribution is -2.51. The summed E-state index contributed by atoms with van der Waals surface area (Å²) in [5.74, 6) is 0.141. The zero-order valence-corrected chi connectivity index (χ0v) is 25.1. The molecule has 40 heavy (non-hydrogen) atoms. The van der Waals surface area contributed by atoms with Crippen molar-refractivity contribution in [3.05, 3.63) is 87.4 Å². The van der Waals surface area contributed by atoms with Crippen LogP contribution in [0.15, 0.2) is 55.0 Å². The van der Waals surface area contributed by atoms with Crippen molar-refractivity contribution in [3.63, 3.8) is 0 Å². The number of benzene rings is 2. The third-order valence-corrected chi connectivity index (χ3v) is 8.49. The Morgan fingerprint density at radius 1 is 1.25 bits per heavy atom. The topological polar surface area (TPSA) is 86.0 Å². The van der Waals surface area contributed by atoms with Crippen LogP contribution >= 0.6 is 35.4 Å². The summed E-state index contributed by atoms with van der Waals surface area (Å²) in [6.45, 7) is 5.85. The molecule has 4 rings (SSSR count). The van der Waals surface area contributed by atoms with E-state index < -0.39 is 0 Å². The summed E-state index contributed by atoms with van der Waals surface area (Å²) in [4.78, 5) is 19.7. The van der Waals surface area contributed by atoms with Crippen LogP contribution in [0.2, 0.25) is 10.0 Å². The van der Waals surface area contributed by atoms with Crippen molar-refractivity contribution in [2.75, 3.05) is 6.54 Å². The van der Waals surface area contributed by atoms with Crippen molar-refractivity contribution in [1.82, 2.24) is 25.1 Å². The van der Waals surface area contributed by atoms with E-state index in [-0.39, 0.29) is 24.3 Å². The monoisotopic (exact) mass is 596 g/mol. The van der Waals surface area contributed by atoms with Gasteiger partial charge in [0, 0.05) is 43.6 Å². The van der Waals surface area contributed by atoms with E-state index in [9.17, 15) is 4.79 Å². The number of nitriles is 1. The Kier molecular flexibility index (Phi) is 10.4. The fraction of sp³-hybridized carbons (Fsp3) is 0.400. The van der Waals surface area contributed by atoms with E-state index in [4.69, 9.17) is 40.7 Å². The summed E-state index contributed by atoms with van der Waals surface area (Å²) in [5.41, 5.74) is 3.35. The Balaban J connectivity index is 1.46. The minimum Gasteiger partial charge on any atom is -0.360 e. The number of hydrogen-bond donors (Lipinski definition) is 2. The third kappa shape index (κ3) is 8.20. The molecule has 0 aliphatic heterocycles. The molecule has 3 aromatic rings. The molecule has 210 valence electrons. The lowest BCUT2D eigenvalue weighted by Gasteiger charge is -2.33. The lowest BCUT2D eigenvalue weighted by atomic mass is 9.98. The summed E-state index contributed by atoms with van der Waals surface area (Å²) >= 11 is 18.6. The number of nitrogens with one attached hydrogen (secondary N) is 2. The van der Waals surface area contributed by atoms with Crippen molar-refractivity contribution in [3.8, 4) is 6.07 Å². The molecule has 7 nitrogen and oxygen atoms in total. The van der Waals surface area contributed by atoms with Gasteiger partial charge in [0.1, 0.15) is 0 Å². The Labute approximate surface area is 251 Å². The summed E-state index contributed by atoms with van der Waals surface area (Å²) in [6, 6.07) is 15.4. The molecule has 1 aliphatic rings. The number of carbonyl (C=O) groups excluding carboxylic acids is 1. The van der Waals surface area contributed by atoms with Crippen molar-refractivity contribution < 1.29 is 4.79 Å². The quantitative estimate of drug-likeness (QED) is 0.260. The molecule has 2 N–H and O–H groups in total. The first-order valence-electron chi connectivity index (χ1n) is 13.5. The Morgan fingerprint density at radius 2 is 2.00 bits per heavy atom. The average molecular weight is 598 g/mol. The van der Waals surface area contributed by atoms with Crippen LogP contribution < -0.4 is 10.6 Å². The maximum Gasteiger partial charge on any atom is 0.226 e. The maximum absolute atomic E-state index is 13.3. The van der Waals surface area contributed by atoms with E-state index in [0.717, 1.165) is 36.1 Å². The van der Waals surface area contributed by atoms with Gasteiger partial charge in [-0.1, -0.05) is 67.7 Å². The molecule has 1 aromatic heterocycles. The van der Waals surface area contributed by atoms with Crippen LogP contribution in [0.3, 0.4) is 0 Å². The highest BCUT2D eigenvalue weighted by atomic mass is 35.5. The first-order chi connectivity index (χ1) is 19.3. The van der Waals surface area contributed by atoms with Gasteiger partial charge in [0.2, 0.25) is 5.91 Å². The van der Waals surface area contributed by atoms with Gasteiger partial charge in [-0.15, -0.1) is 0 Å². The highest BCUT2D eigenvalue weighted by Crippen LogP contribution is 2.27. The second-order valence-corrected chi connectivity index (χ2v) is 11.5. The largest absolute Gasteiger partial charge is 0.360 e. The van der Waals surface area contributed by atoms with Gasteiger partial charge in [-0.25, -0.2) is 4.98 Å². The molecular weight excluding hydrogens is 563 g/mol. The molecule has 2 aromatic carbocycles. The summed E-state index contributed by atoms with van der Waals surface area (Å²) in [5, 5.41) is 17.4. The van der Waals surface area contributed by atoms with Crippen molar-refractivity contribution in [2.45, 2.75) is 64.7 Å². The zero-order chi connectivity index (χ0) is 28.6. The normalized spacial score (nSPS) is 14.2. The van der Waals surface area contributed by atoms with Gasteiger partial charge in [-0.3, -0.25) is 4.79 Å². The van der Waals surface area contributed by atoms with Crippen molar-refractivity contribution in [1.29, 1.82) is 5.26 Å². The van der Waals surface area contributed by atoms with Gasteiger partial charge in [0.25, 0.3) is 0 Å². The first-order valence-corrected chi connectivity index (χ1v) is 14.7. The molecule has 1 aliphatic carbocycles. The van der Waals surface area contributed by atoms with E-state index in [1.807, 2.05) is 28.8 Å². The van der Waals surface area contributed by atoms with Crippen LogP contribution in [0.5, 0.6) is 0 Å². The highest BCUT2D eigenvalue weighted by Gasteiger charge is 2.28. The van der Waals surface area contributed by atoms with Crippen LogP contribution in [-0.4, -0.2) is 44.1 Å². The summed E-state index contributed by atoms with van der Waals surface area (Å²) in [7, 11) is 0. The van der Waals surface area contributed by atoms with E-state index >= 15 is 0 Å². The van der Waals surface area contributed by atoms with Gasteiger partial charge in [-0.2, -0.15) is 5.26 Å². The van der Waals surface area contributed by atoms with Crippen molar-refractivity contribution >= 4 is 46.4 Å². The van der Waals surface area contributed by atoms with Gasteiger partial charge in [0.15, 0.2) is 5.11 Å². The minimum absolute atomic E-state index is 0.0753. The van der Waals surface area contributed by atoms with Gasteiger partial charge < -0.3 is 20.1 Å². The lowest BCUT2D eigenvalue weighted by molar-refractivity contribution is -0.121. The second-order valence-electron chi connectivity index (χ2n) is 10.4. The molecule has 1 amide bonds. The number of carbonyl (C=O) groups is 1. The molecule has 0 bridgehead atoms. The number of rotatable bonds is 12. The van der Waals surface area contributed by atoms with E-state index in [1.54, 1.807) is 30.7 Å². The average Bonchev–Trinajstić information content (AvgIpc) is 3.67. The molecule has 10 heteroatoms. The first kappa shape index (κ1) is 29.9. The number of imidazole rings is 1.